The van der Waals surface area contributed by atoms with Crippen molar-refractivity contribution < 1.29 is 19.0 Å². The van der Waals surface area contributed by atoms with E-state index in [0.717, 1.165) is 41.8 Å². The van der Waals surface area contributed by atoms with Crippen molar-refractivity contribution in [2.24, 2.45) is 0 Å². The van der Waals surface area contributed by atoms with Gasteiger partial charge in [0.25, 0.3) is 0 Å². The number of fused-ring (bicyclic) bond motifs is 2. The quantitative estimate of drug-likeness (QED) is 0.425. The third-order valence-electron chi connectivity index (χ3n) is 6.41. The number of nitrogens with one attached hydrogen (secondary N) is 2. The summed E-state index contributed by atoms with van der Waals surface area (Å²) in [6, 6.07) is 13.5. The third-order valence-corrected chi connectivity index (χ3v) is 6.41. The van der Waals surface area contributed by atoms with Crippen molar-refractivity contribution in [1.82, 2.24) is 15.0 Å². The van der Waals surface area contributed by atoms with Crippen LogP contribution in [0.15, 0.2) is 48.7 Å². The molecule has 0 unspecified atom stereocenters. The van der Waals surface area contributed by atoms with E-state index in [1.54, 1.807) is 13.3 Å². The van der Waals surface area contributed by atoms with Gasteiger partial charge in [0.05, 0.1) is 37.0 Å². The summed E-state index contributed by atoms with van der Waals surface area (Å²) in [5.41, 5.74) is 4.08. The largest absolute Gasteiger partial charge is 0.494 e. The number of hydrogen-bond donors (Lipinski definition) is 2. The topological polar surface area (TPSA) is 102 Å². The fourth-order valence-electron chi connectivity index (χ4n) is 4.63. The standard InChI is InChI=1S/C26H25N5O4/c1-33-22-15-17(31-11-13-34-14-12-31)6-7-19(22)28-26-29-24-18(9-10-27-24)25(30-26)35-21-4-2-3-16-5-8-20(32)23(16)21/h2-4,6-7,9-10,15H,5,8,11-14H2,1H3,(H2,27,28,29,30). The minimum Gasteiger partial charge on any atom is -0.494 e. The number of H-pyrrole nitrogens is 1. The zero-order valence-corrected chi connectivity index (χ0v) is 19.3. The number of aryl methyl sites for hydroxylation is 1. The Hall–Kier alpha value is -4.11. The van der Waals surface area contributed by atoms with E-state index in [4.69, 9.17) is 14.2 Å². The molecule has 6 rings (SSSR count). The molecule has 0 atom stereocenters. The maximum atomic E-state index is 12.5. The fraction of sp³-hybridized carbons (Fsp3) is 0.269. The Morgan fingerprint density at radius 2 is 1.94 bits per heavy atom. The summed E-state index contributed by atoms with van der Waals surface area (Å²) in [5.74, 6) is 2.02. The normalized spacial score (nSPS) is 15.3. The van der Waals surface area contributed by atoms with Crippen LogP contribution in [0.1, 0.15) is 22.3 Å². The highest BCUT2D eigenvalue weighted by Crippen LogP contribution is 2.37. The molecule has 9 heteroatoms. The Balaban J connectivity index is 1.33. The Kier molecular flexibility index (Phi) is 5.46. The summed E-state index contributed by atoms with van der Waals surface area (Å²) in [6.07, 6.45) is 3.03. The van der Waals surface area contributed by atoms with Crippen LogP contribution < -0.4 is 19.7 Å². The van der Waals surface area contributed by atoms with Crippen LogP contribution in [0.4, 0.5) is 17.3 Å². The number of aromatic nitrogens is 3. The molecule has 1 saturated heterocycles. The van der Waals surface area contributed by atoms with Gasteiger partial charge < -0.3 is 29.4 Å². The smallest absolute Gasteiger partial charge is 0.233 e. The number of carbonyl (C=O) groups excluding carboxylic acids is 1. The molecule has 1 aliphatic carbocycles. The van der Waals surface area contributed by atoms with Gasteiger partial charge in [-0.3, -0.25) is 4.79 Å². The van der Waals surface area contributed by atoms with Crippen LogP contribution in [0.3, 0.4) is 0 Å². The van der Waals surface area contributed by atoms with E-state index in [2.05, 4.69) is 25.2 Å². The lowest BCUT2D eigenvalue weighted by Gasteiger charge is -2.29. The summed E-state index contributed by atoms with van der Waals surface area (Å²) in [4.78, 5) is 27.1. The number of morpholine rings is 1. The molecule has 0 spiro atoms. The number of aromatic amines is 1. The molecule has 0 saturated carbocycles. The Bertz CT molecular complexity index is 1410. The van der Waals surface area contributed by atoms with Crippen molar-refractivity contribution in [2.45, 2.75) is 12.8 Å². The summed E-state index contributed by atoms with van der Waals surface area (Å²) < 4.78 is 17.3. The first-order valence-corrected chi connectivity index (χ1v) is 11.7. The summed E-state index contributed by atoms with van der Waals surface area (Å²) >= 11 is 0. The number of carbonyl (C=O) groups is 1. The van der Waals surface area contributed by atoms with Gasteiger partial charge in [-0.2, -0.15) is 9.97 Å². The molecule has 2 aliphatic rings. The second kappa shape index (κ2) is 8.92. The Morgan fingerprint density at radius 1 is 1.06 bits per heavy atom. The Labute approximate surface area is 202 Å². The van der Waals surface area contributed by atoms with Crippen molar-refractivity contribution in [3.8, 4) is 17.4 Å². The monoisotopic (exact) mass is 471 g/mol. The molecule has 1 fully saturated rings. The van der Waals surface area contributed by atoms with Crippen LogP contribution in [0.5, 0.6) is 17.4 Å². The van der Waals surface area contributed by atoms with Gasteiger partial charge in [-0.05, 0) is 36.2 Å². The molecule has 0 amide bonds. The molecule has 4 aromatic rings. The number of methoxy groups -OCH3 is 1. The van der Waals surface area contributed by atoms with Gasteiger partial charge in [-0.25, -0.2) is 0 Å². The summed E-state index contributed by atoms with van der Waals surface area (Å²) in [5, 5.41) is 4.00. The number of Topliss-reactive ketones (excluding diaryl/α,β-unsaturated/α-hetero) is 1. The number of hydrogen-bond acceptors (Lipinski definition) is 8. The molecular formula is C26H25N5O4. The van der Waals surface area contributed by atoms with Gasteiger partial charge in [-0.1, -0.05) is 12.1 Å². The first-order valence-electron chi connectivity index (χ1n) is 11.7. The Morgan fingerprint density at radius 3 is 2.80 bits per heavy atom. The van der Waals surface area contributed by atoms with Crippen molar-refractivity contribution >= 4 is 34.1 Å². The molecule has 2 N–H and O–H groups in total. The maximum absolute atomic E-state index is 12.5. The van der Waals surface area contributed by atoms with Gasteiger partial charge >= 0.3 is 0 Å². The van der Waals surface area contributed by atoms with Gasteiger partial charge in [0.15, 0.2) is 5.78 Å². The molecule has 178 valence electrons. The van der Waals surface area contributed by atoms with Crippen molar-refractivity contribution in [3.05, 3.63) is 59.8 Å². The average Bonchev–Trinajstić information content (AvgIpc) is 3.52. The molecule has 2 aromatic carbocycles. The van der Waals surface area contributed by atoms with Crippen LogP contribution in [0.2, 0.25) is 0 Å². The molecule has 9 nitrogen and oxygen atoms in total. The predicted octanol–water partition coefficient (Wildman–Crippen LogP) is 4.47. The number of nitrogens with zero attached hydrogens (tertiary/aromatic N) is 3. The van der Waals surface area contributed by atoms with Gasteiger partial charge in [-0.15, -0.1) is 0 Å². The van der Waals surface area contributed by atoms with Gasteiger partial charge in [0, 0.05) is 37.5 Å². The molecule has 1 aliphatic heterocycles. The highest BCUT2D eigenvalue weighted by molar-refractivity contribution is 6.03. The van der Waals surface area contributed by atoms with E-state index >= 15 is 0 Å². The highest BCUT2D eigenvalue weighted by Gasteiger charge is 2.25. The molecule has 0 radical (unpaired) electrons. The van der Waals surface area contributed by atoms with Gasteiger partial charge in [0.1, 0.15) is 17.1 Å². The number of benzene rings is 2. The summed E-state index contributed by atoms with van der Waals surface area (Å²) in [6.45, 7) is 3.11. The number of ether oxygens (including phenoxy) is 3. The molecule has 3 heterocycles. The fourth-order valence-corrected chi connectivity index (χ4v) is 4.63. The lowest BCUT2D eigenvalue weighted by Crippen LogP contribution is -2.36. The minimum atomic E-state index is 0.0958. The second-order valence-electron chi connectivity index (χ2n) is 8.52. The zero-order valence-electron chi connectivity index (χ0n) is 19.3. The van der Waals surface area contributed by atoms with Crippen LogP contribution in [0.25, 0.3) is 11.0 Å². The lowest BCUT2D eigenvalue weighted by molar-refractivity contribution is 0.0992. The first kappa shape index (κ1) is 21.4. The highest BCUT2D eigenvalue weighted by atomic mass is 16.5. The molecule has 2 aromatic heterocycles. The minimum absolute atomic E-state index is 0.0958. The van der Waals surface area contributed by atoms with Gasteiger partial charge in [0.2, 0.25) is 11.8 Å². The summed E-state index contributed by atoms with van der Waals surface area (Å²) in [7, 11) is 1.64. The van der Waals surface area contributed by atoms with Crippen molar-refractivity contribution in [2.75, 3.05) is 43.6 Å². The van der Waals surface area contributed by atoms with E-state index in [-0.39, 0.29) is 5.78 Å². The number of ketones is 1. The third kappa shape index (κ3) is 4.04. The SMILES string of the molecule is COc1cc(N2CCOCC2)ccc1Nc1nc(Oc2cccc3c2C(=O)CC3)c2cc[nH]c2n1. The predicted molar refractivity (Wildman–Crippen MR) is 132 cm³/mol. The van der Waals surface area contributed by atoms with Crippen LogP contribution in [-0.4, -0.2) is 54.1 Å². The average molecular weight is 472 g/mol. The molecule has 35 heavy (non-hydrogen) atoms. The van der Waals surface area contributed by atoms with Crippen LogP contribution >= 0.6 is 0 Å². The number of rotatable bonds is 6. The van der Waals surface area contributed by atoms with E-state index in [1.807, 2.05) is 42.5 Å². The van der Waals surface area contributed by atoms with E-state index in [1.165, 1.54) is 0 Å². The first-order chi connectivity index (χ1) is 17.2. The maximum Gasteiger partial charge on any atom is 0.233 e. The zero-order chi connectivity index (χ0) is 23.8. The molecular weight excluding hydrogens is 446 g/mol. The lowest BCUT2D eigenvalue weighted by atomic mass is 10.1. The van der Waals surface area contributed by atoms with E-state index in [9.17, 15) is 4.79 Å². The van der Waals surface area contributed by atoms with Crippen molar-refractivity contribution in [1.29, 1.82) is 0 Å². The number of anilines is 3. The van der Waals surface area contributed by atoms with E-state index in [0.29, 0.717) is 54.2 Å². The molecule has 0 bridgehead atoms. The van der Waals surface area contributed by atoms with Crippen LogP contribution in [-0.2, 0) is 11.2 Å². The van der Waals surface area contributed by atoms with Crippen LogP contribution in [0, 0.1) is 0 Å². The second-order valence-corrected chi connectivity index (χ2v) is 8.52. The van der Waals surface area contributed by atoms with Crippen molar-refractivity contribution in [3.63, 3.8) is 0 Å². The van der Waals surface area contributed by atoms with E-state index < -0.39 is 0 Å².